The molecule has 0 aromatic heterocycles. The Kier molecular flexibility index (Phi) is 9.15. The topological polar surface area (TPSA) is 76.2 Å². The highest BCUT2D eigenvalue weighted by Crippen LogP contribution is 2.32. The Morgan fingerprint density at radius 3 is 2.15 bits per heavy atom. The van der Waals surface area contributed by atoms with Crippen LogP contribution in [0, 0.1) is 11.8 Å². The van der Waals surface area contributed by atoms with Crippen molar-refractivity contribution < 1.29 is 18.9 Å². The molecule has 196 valence electrons. The monoisotopic (exact) mass is 480 g/mol. The predicted octanol–water partition coefficient (Wildman–Crippen LogP) is 2.04. The zero-order chi connectivity index (χ0) is 23.2. The maximum atomic E-state index is 6.27. The summed E-state index contributed by atoms with van der Waals surface area (Å²) < 4.78 is 23.5. The second kappa shape index (κ2) is 12.3. The van der Waals surface area contributed by atoms with Crippen LogP contribution in [0.2, 0.25) is 0 Å². The molecule has 3 aliphatic heterocycles. The van der Waals surface area contributed by atoms with Crippen molar-refractivity contribution >= 4 is 0 Å². The van der Waals surface area contributed by atoms with Crippen LogP contribution < -0.4 is 16.0 Å². The van der Waals surface area contributed by atoms with Gasteiger partial charge in [0.05, 0.1) is 32.0 Å². The van der Waals surface area contributed by atoms with Crippen LogP contribution in [0.5, 0.6) is 0 Å². The molecule has 0 unspecified atom stereocenters. The van der Waals surface area contributed by atoms with Crippen LogP contribution >= 0.6 is 0 Å². The number of hydrogen-bond acceptors (Lipinski definition) is 8. The van der Waals surface area contributed by atoms with E-state index in [0.29, 0.717) is 18.2 Å². The largest absolute Gasteiger partial charge is 0.381 e. The molecule has 3 N–H and O–H groups in total. The van der Waals surface area contributed by atoms with Gasteiger partial charge in [-0.3, -0.25) is 16.0 Å². The number of likely N-dealkylation sites (tertiary alicyclic amines) is 1. The van der Waals surface area contributed by atoms with E-state index in [9.17, 15) is 0 Å². The minimum atomic E-state index is -0.269. The van der Waals surface area contributed by atoms with E-state index in [-0.39, 0.29) is 12.1 Å². The van der Waals surface area contributed by atoms with Gasteiger partial charge in [-0.25, -0.2) is 0 Å². The van der Waals surface area contributed by atoms with Gasteiger partial charge in [0.1, 0.15) is 6.29 Å². The van der Waals surface area contributed by atoms with E-state index in [4.69, 9.17) is 18.9 Å². The highest BCUT2D eigenvalue weighted by molar-refractivity contribution is 4.87. The molecule has 3 heterocycles. The fourth-order valence-corrected chi connectivity index (χ4v) is 6.81. The first-order valence-corrected chi connectivity index (χ1v) is 14.1. The zero-order valence-electron chi connectivity index (χ0n) is 21.3. The number of ether oxygens (including phenoxy) is 4. The molecule has 1 spiro atoms. The summed E-state index contributed by atoms with van der Waals surface area (Å²) >= 11 is 0. The van der Waals surface area contributed by atoms with Gasteiger partial charge in [0, 0.05) is 58.7 Å². The van der Waals surface area contributed by atoms with Gasteiger partial charge in [-0.15, -0.1) is 0 Å². The third kappa shape index (κ3) is 6.71. The molecule has 5 aliphatic rings. The van der Waals surface area contributed by atoms with Gasteiger partial charge in [0.25, 0.3) is 0 Å². The first-order valence-electron chi connectivity index (χ1n) is 14.1. The molecule has 0 aromatic carbocycles. The van der Waals surface area contributed by atoms with Crippen molar-refractivity contribution in [3.8, 4) is 0 Å². The smallest absolute Gasteiger partial charge is 0.170 e. The molecule has 0 amide bonds. The van der Waals surface area contributed by atoms with Gasteiger partial charge in [-0.2, -0.15) is 0 Å². The van der Waals surface area contributed by atoms with E-state index >= 15 is 0 Å². The fraction of sp³-hybridized carbons (Fsp3) is 1.00. The van der Waals surface area contributed by atoms with E-state index in [0.717, 1.165) is 77.2 Å². The summed E-state index contributed by atoms with van der Waals surface area (Å²) in [6.45, 7) is 7.74. The summed E-state index contributed by atoms with van der Waals surface area (Å²) in [5.41, 5.74) is 0. The van der Waals surface area contributed by atoms with Crippen molar-refractivity contribution in [1.82, 2.24) is 20.9 Å². The van der Waals surface area contributed by atoms with Crippen molar-refractivity contribution in [2.45, 2.75) is 94.5 Å². The zero-order valence-corrected chi connectivity index (χ0v) is 21.3. The molecule has 8 heteroatoms. The Bertz CT molecular complexity index is 586. The number of piperidine rings is 1. The first kappa shape index (κ1) is 25.3. The number of methoxy groups -OCH3 is 1. The second-order valence-corrected chi connectivity index (χ2v) is 11.2. The molecule has 2 aliphatic carbocycles. The molecule has 2 saturated carbocycles. The van der Waals surface area contributed by atoms with Crippen molar-refractivity contribution in [3.05, 3.63) is 0 Å². The van der Waals surface area contributed by atoms with Crippen LogP contribution in [-0.2, 0) is 18.9 Å². The summed E-state index contributed by atoms with van der Waals surface area (Å²) in [6.07, 6.45) is 13.0. The normalized spacial score (nSPS) is 39.4. The van der Waals surface area contributed by atoms with Crippen LogP contribution in [0.25, 0.3) is 0 Å². The molecule has 0 radical (unpaired) electrons. The molecule has 3 saturated heterocycles. The minimum Gasteiger partial charge on any atom is -0.381 e. The van der Waals surface area contributed by atoms with E-state index in [1.165, 1.54) is 51.4 Å². The first-order chi connectivity index (χ1) is 16.7. The fourth-order valence-electron chi connectivity index (χ4n) is 6.81. The number of rotatable bonds is 8. The molecule has 0 atom stereocenters. The van der Waals surface area contributed by atoms with Crippen molar-refractivity contribution in [3.63, 3.8) is 0 Å². The highest BCUT2D eigenvalue weighted by atomic mass is 16.7. The molecule has 5 fully saturated rings. The average molecular weight is 481 g/mol. The predicted molar refractivity (Wildman–Crippen MR) is 131 cm³/mol. The van der Waals surface area contributed by atoms with E-state index < -0.39 is 0 Å². The van der Waals surface area contributed by atoms with Gasteiger partial charge < -0.3 is 23.8 Å². The van der Waals surface area contributed by atoms with E-state index in [2.05, 4.69) is 20.9 Å². The lowest BCUT2D eigenvalue weighted by atomic mass is 9.78. The number of nitrogens with zero attached hydrogens (tertiary/aromatic N) is 1. The lowest BCUT2D eigenvalue weighted by molar-refractivity contribution is -0.186. The summed E-state index contributed by atoms with van der Waals surface area (Å²) in [6, 6.07) is 0.586. The van der Waals surface area contributed by atoms with Crippen molar-refractivity contribution in [1.29, 1.82) is 0 Å². The van der Waals surface area contributed by atoms with Crippen LogP contribution in [0.15, 0.2) is 0 Å². The molecule has 34 heavy (non-hydrogen) atoms. The van der Waals surface area contributed by atoms with E-state index in [1.54, 1.807) is 0 Å². The Labute approximate surface area is 206 Å². The third-order valence-corrected chi connectivity index (χ3v) is 9.16. The van der Waals surface area contributed by atoms with Crippen LogP contribution in [0.3, 0.4) is 0 Å². The summed E-state index contributed by atoms with van der Waals surface area (Å²) in [7, 11) is 1.86. The maximum Gasteiger partial charge on any atom is 0.170 e. The van der Waals surface area contributed by atoms with Gasteiger partial charge in [-0.1, -0.05) is 0 Å². The Morgan fingerprint density at radius 1 is 0.853 bits per heavy atom. The SMILES string of the molecule is COC1CCC(C2CNC(NC3CCC(OCCN4CCC5(CC4)OCCO5)CC3)NC2)CC1. The van der Waals surface area contributed by atoms with E-state index in [1.807, 2.05) is 7.11 Å². The van der Waals surface area contributed by atoms with Crippen molar-refractivity contribution in [2.75, 3.05) is 59.7 Å². The van der Waals surface area contributed by atoms with Crippen molar-refractivity contribution in [2.24, 2.45) is 11.8 Å². The molecule has 0 aromatic rings. The number of hydrogen-bond donors (Lipinski definition) is 3. The standard InChI is InChI=1S/C26H48N4O4/c1-31-23-6-2-20(3-7-23)21-18-27-25(28-19-21)29-22-4-8-24(9-5-22)32-15-14-30-12-10-26(11-13-30)33-16-17-34-26/h20-25,27-29H,2-19H2,1H3. The Balaban J connectivity index is 0.911. The van der Waals surface area contributed by atoms with Gasteiger partial charge in [0.2, 0.25) is 0 Å². The number of nitrogens with one attached hydrogen (secondary N) is 3. The highest BCUT2D eigenvalue weighted by Gasteiger charge is 2.39. The quantitative estimate of drug-likeness (QED) is 0.487. The maximum absolute atomic E-state index is 6.27. The lowest BCUT2D eigenvalue weighted by Crippen LogP contribution is -2.63. The minimum absolute atomic E-state index is 0.254. The van der Waals surface area contributed by atoms with Gasteiger partial charge >= 0.3 is 0 Å². The molecule has 0 bridgehead atoms. The Hall–Kier alpha value is -0.320. The second-order valence-electron chi connectivity index (χ2n) is 11.2. The molecule has 8 nitrogen and oxygen atoms in total. The van der Waals surface area contributed by atoms with Gasteiger partial charge in [-0.05, 0) is 63.2 Å². The third-order valence-electron chi connectivity index (χ3n) is 9.16. The summed E-state index contributed by atoms with van der Waals surface area (Å²) in [5.74, 6) is 1.33. The molecule has 5 rings (SSSR count). The molecular formula is C26H48N4O4. The summed E-state index contributed by atoms with van der Waals surface area (Å²) in [4.78, 5) is 2.50. The van der Waals surface area contributed by atoms with Crippen LogP contribution in [0.1, 0.15) is 64.2 Å². The Morgan fingerprint density at radius 2 is 1.50 bits per heavy atom. The van der Waals surface area contributed by atoms with Gasteiger partial charge in [0.15, 0.2) is 5.79 Å². The molecular weight excluding hydrogens is 432 g/mol. The summed E-state index contributed by atoms with van der Waals surface area (Å²) in [5, 5.41) is 11.3. The average Bonchev–Trinajstić information content (AvgIpc) is 3.35. The lowest BCUT2D eigenvalue weighted by Gasteiger charge is -2.40. The van der Waals surface area contributed by atoms with Crippen LogP contribution in [-0.4, -0.2) is 94.9 Å². The van der Waals surface area contributed by atoms with Crippen LogP contribution in [0.4, 0.5) is 0 Å².